The molecule has 0 aliphatic carbocycles. The number of carbonyl (C=O) groups is 2. The van der Waals surface area contributed by atoms with Crippen molar-refractivity contribution in [3.63, 3.8) is 0 Å². The number of amides is 2. The number of aliphatic imine (C=N–C) groups is 2. The lowest BCUT2D eigenvalue weighted by atomic mass is 10.0. The molecule has 2 heterocycles. The molecule has 8 nitrogen and oxygen atoms in total. The first-order valence-electron chi connectivity index (χ1n) is 10.2. The number of carbonyl (C=O) groups excluding carboxylic acids is 2. The van der Waals surface area contributed by atoms with Gasteiger partial charge in [-0.2, -0.15) is 4.99 Å². The van der Waals surface area contributed by atoms with E-state index >= 15 is 0 Å². The number of thioether (sulfide) groups is 1. The maximum absolute atomic E-state index is 12.7. The standard InChI is InChI=1S/C23H24N4O4S/c1-13(2)20-22(29)26-21-17-7-5-6-8-18(17)25-23(27(20)21)32-12-19(28)24-14-9-15(30-3)11-16(10-14)31-4/h5-11,13,20H,12H2,1-4H3,(H,24,28). The van der Waals surface area contributed by atoms with E-state index in [4.69, 9.17) is 14.5 Å². The van der Waals surface area contributed by atoms with Crippen molar-refractivity contribution in [2.45, 2.75) is 19.9 Å². The second-order valence-electron chi connectivity index (χ2n) is 7.68. The number of hydrogen-bond donors (Lipinski definition) is 1. The zero-order valence-corrected chi connectivity index (χ0v) is 19.1. The van der Waals surface area contributed by atoms with Crippen molar-refractivity contribution >= 4 is 46.0 Å². The highest BCUT2D eigenvalue weighted by Gasteiger charge is 2.43. The zero-order chi connectivity index (χ0) is 22.8. The van der Waals surface area contributed by atoms with Crippen LogP contribution in [0, 0.1) is 5.92 Å². The van der Waals surface area contributed by atoms with Crippen molar-refractivity contribution in [1.82, 2.24) is 4.90 Å². The number of ether oxygens (including phenoxy) is 2. The van der Waals surface area contributed by atoms with Crippen molar-refractivity contribution in [1.29, 1.82) is 0 Å². The van der Waals surface area contributed by atoms with Crippen LogP contribution in [0.3, 0.4) is 0 Å². The summed E-state index contributed by atoms with van der Waals surface area (Å²) in [7, 11) is 3.10. The summed E-state index contributed by atoms with van der Waals surface area (Å²) in [6.45, 7) is 3.96. The van der Waals surface area contributed by atoms with Crippen LogP contribution in [0.5, 0.6) is 11.5 Å². The van der Waals surface area contributed by atoms with Crippen molar-refractivity contribution in [3.8, 4) is 11.5 Å². The van der Waals surface area contributed by atoms with Gasteiger partial charge in [0.05, 0.1) is 25.7 Å². The lowest BCUT2D eigenvalue weighted by molar-refractivity contribution is -0.120. The van der Waals surface area contributed by atoms with E-state index in [2.05, 4.69) is 10.3 Å². The molecule has 2 aromatic rings. The first-order valence-corrected chi connectivity index (χ1v) is 11.2. The van der Waals surface area contributed by atoms with E-state index in [0.717, 1.165) is 11.3 Å². The van der Waals surface area contributed by atoms with E-state index < -0.39 is 6.04 Å². The van der Waals surface area contributed by atoms with Crippen LogP contribution in [0.25, 0.3) is 0 Å². The molecular formula is C23H24N4O4S. The molecule has 0 saturated carbocycles. The fourth-order valence-corrected chi connectivity index (χ4v) is 4.51. The van der Waals surface area contributed by atoms with Crippen LogP contribution in [-0.4, -0.2) is 53.7 Å². The van der Waals surface area contributed by atoms with Crippen LogP contribution in [0.15, 0.2) is 52.4 Å². The monoisotopic (exact) mass is 452 g/mol. The highest BCUT2D eigenvalue weighted by Crippen LogP contribution is 2.36. The Labute approximate surface area is 190 Å². The van der Waals surface area contributed by atoms with Crippen LogP contribution in [0.2, 0.25) is 0 Å². The molecule has 0 bridgehead atoms. The average Bonchev–Trinajstić information content (AvgIpc) is 3.14. The maximum Gasteiger partial charge on any atom is 0.271 e. The number of hydrogen-bond acceptors (Lipinski definition) is 7. The van der Waals surface area contributed by atoms with Gasteiger partial charge in [-0.25, -0.2) is 4.99 Å². The summed E-state index contributed by atoms with van der Waals surface area (Å²) in [5.41, 5.74) is 2.13. The Morgan fingerprint density at radius 1 is 1.12 bits per heavy atom. The van der Waals surface area contributed by atoms with Gasteiger partial charge in [0.2, 0.25) is 5.91 Å². The van der Waals surface area contributed by atoms with E-state index in [1.165, 1.54) is 11.8 Å². The molecule has 0 saturated heterocycles. The van der Waals surface area contributed by atoms with Crippen LogP contribution >= 0.6 is 11.8 Å². The minimum Gasteiger partial charge on any atom is -0.497 e. The molecule has 2 amide bonds. The van der Waals surface area contributed by atoms with Gasteiger partial charge in [0.25, 0.3) is 5.91 Å². The Morgan fingerprint density at radius 3 is 2.47 bits per heavy atom. The van der Waals surface area contributed by atoms with Crippen LogP contribution in [-0.2, 0) is 9.59 Å². The first kappa shape index (κ1) is 21.9. The number of para-hydroxylation sites is 1. The van der Waals surface area contributed by atoms with Gasteiger partial charge in [-0.3, -0.25) is 14.5 Å². The predicted molar refractivity (Wildman–Crippen MR) is 126 cm³/mol. The number of benzene rings is 2. The maximum atomic E-state index is 12.7. The third kappa shape index (κ3) is 4.20. The number of methoxy groups -OCH3 is 2. The summed E-state index contributed by atoms with van der Waals surface area (Å²) >= 11 is 1.28. The molecule has 0 radical (unpaired) electrons. The van der Waals surface area contributed by atoms with Crippen molar-refractivity contribution < 1.29 is 19.1 Å². The SMILES string of the molecule is COc1cc(NC(=O)CSC2=Nc3ccccc3C3=NC(=O)C(C(C)C)N23)cc(OC)c1. The summed E-state index contributed by atoms with van der Waals surface area (Å²) in [6, 6.07) is 12.3. The number of rotatable bonds is 6. The minimum atomic E-state index is -0.435. The number of amidine groups is 2. The van der Waals surface area contributed by atoms with Crippen molar-refractivity contribution in [2.24, 2.45) is 15.9 Å². The van der Waals surface area contributed by atoms with Gasteiger partial charge in [-0.15, -0.1) is 0 Å². The molecule has 1 unspecified atom stereocenters. The molecule has 1 N–H and O–H groups in total. The predicted octanol–water partition coefficient (Wildman–Crippen LogP) is 3.69. The number of nitrogens with zero attached hydrogens (tertiary/aromatic N) is 3. The topological polar surface area (TPSA) is 92.6 Å². The van der Waals surface area contributed by atoms with Gasteiger partial charge in [-0.05, 0) is 18.1 Å². The molecule has 0 fully saturated rings. The molecule has 2 aliphatic heterocycles. The van der Waals surface area contributed by atoms with Gasteiger partial charge in [0.1, 0.15) is 23.4 Å². The van der Waals surface area contributed by atoms with Crippen molar-refractivity contribution in [2.75, 3.05) is 25.3 Å². The Morgan fingerprint density at radius 2 is 1.81 bits per heavy atom. The third-order valence-electron chi connectivity index (χ3n) is 5.14. The molecule has 0 aromatic heterocycles. The molecule has 1 atom stereocenters. The summed E-state index contributed by atoms with van der Waals surface area (Å²) in [5.74, 6) is 1.51. The van der Waals surface area contributed by atoms with E-state index in [0.29, 0.717) is 28.2 Å². The average molecular weight is 453 g/mol. The highest BCUT2D eigenvalue weighted by atomic mass is 32.2. The molecule has 2 aromatic carbocycles. The van der Waals surface area contributed by atoms with E-state index in [-0.39, 0.29) is 23.5 Å². The Kier molecular flexibility index (Phi) is 6.18. The lowest BCUT2D eigenvalue weighted by Gasteiger charge is -2.32. The second-order valence-corrected chi connectivity index (χ2v) is 8.62. The molecule has 9 heteroatoms. The first-order chi connectivity index (χ1) is 15.4. The Bertz CT molecular complexity index is 1110. The van der Waals surface area contributed by atoms with Crippen molar-refractivity contribution in [3.05, 3.63) is 48.0 Å². The van der Waals surface area contributed by atoms with E-state index in [9.17, 15) is 9.59 Å². The number of fused-ring (bicyclic) bond motifs is 3. The van der Waals surface area contributed by atoms with Gasteiger partial charge < -0.3 is 14.8 Å². The summed E-state index contributed by atoms with van der Waals surface area (Å²) < 4.78 is 10.5. The molecule has 4 rings (SSSR count). The van der Waals surface area contributed by atoms with E-state index in [1.54, 1.807) is 32.4 Å². The Hall–Kier alpha value is -3.33. The molecule has 32 heavy (non-hydrogen) atoms. The Balaban J connectivity index is 1.54. The molecule has 0 spiro atoms. The highest BCUT2D eigenvalue weighted by molar-refractivity contribution is 8.14. The summed E-state index contributed by atoms with van der Waals surface area (Å²) in [6.07, 6.45) is 0. The van der Waals surface area contributed by atoms with Gasteiger partial charge in [-0.1, -0.05) is 37.7 Å². The summed E-state index contributed by atoms with van der Waals surface area (Å²) in [5, 5.41) is 3.45. The third-order valence-corrected chi connectivity index (χ3v) is 6.09. The quantitative estimate of drug-likeness (QED) is 0.719. The lowest BCUT2D eigenvalue weighted by Crippen LogP contribution is -2.46. The molecule has 2 aliphatic rings. The zero-order valence-electron chi connectivity index (χ0n) is 18.3. The van der Waals surface area contributed by atoms with Crippen LogP contribution in [0.1, 0.15) is 19.4 Å². The smallest absolute Gasteiger partial charge is 0.271 e. The second kappa shape index (κ2) is 9.04. The van der Waals surface area contributed by atoms with E-state index in [1.807, 2.05) is 43.0 Å². The minimum absolute atomic E-state index is 0.0397. The fourth-order valence-electron chi connectivity index (χ4n) is 3.68. The van der Waals surface area contributed by atoms with Crippen LogP contribution in [0.4, 0.5) is 11.4 Å². The normalized spacial score (nSPS) is 16.8. The largest absolute Gasteiger partial charge is 0.497 e. The number of nitrogens with one attached hydrogen (secondary N) is 1. The fraction of sp³-hybridized carbons (Fsp3) is 0.304. The van der Waals surface area contributed by atoms with Gasteiger partial charge >= 0.3 is 0 Å². The van der Waals surface area contributed by atoms with Crippen LogP contribution < -0.4 is 14.8 Å². The molecule has 166 valence electrons. The summed E-state index contributed by atoms with van der Waals surface area (Å²) in [4.78, 5) is 36.3. The molecular weight excluding hydrogens is 428 g/mol. The number of anilines is 1. The van der Waals surface area contributed by atoms with Gasteiger partial charge in [0.15, 0.2) is 5.17 Å². The van der Waals surface area contributed by atoms with Gasteiger partial charge in [0, 0.05) is 29.4 Å².